The minimum atomic E-state index is -0.261. The molecule has 0 bridgehead atoms. The zero-order valence-corrected chi connectivity index (χ0v) is 21.3. The van der Waals surface area contributed by atoms with Gasteiger partial charge in [-0.25, -0.2) is 14.6 Å². The summed E-state index contributed by atoms with van der Waals surface area (Å²) in [5.74, 6) is 0.436. The Morgan fingerprint density at radius 2 is 2.14 bits per heavy atom. The molecule has 182 valence electrons. The van der Waals surface area contributed by atoms with Crippen LogP contribution in [0.4, 0.5) is 0 Å². The van der Waals surface area contributed by atoms with Crippen LogP contribution in [0.2, 0.25) is 10.0 Å². The molecule has 1 fully saturated rings. The molecule has 1 aliphatic heterocycles. The topological polar surface area (TPSA) is 90.9 Å². The lowest BCUT2D eigenvalue weighted by molar-refractivity contribution is 0.0910. The van der Waals surface area contributed by atoms with E-state index in [-0.39, 0.29) is 24.4 Å². The van der Waals surface area contributed by atoms with Crippen LogP contribution in [0.3, 0.4) is 0 Å². The zero-order valence-electron chi connectivity index (χ0n) is 19.8. The number of rotatable bonds is 5. The molecule has 0 spiro atoms. The molecule has 4 atom stereocenters. The predicted octanol–water partition coefficient (Wildman–Crippen LogP) is 5.25. The van der Waals surface area contributed by atoms with Crippen LogP contribution in [0.1, 0.15) is 62.5 Å². The van der Waals surface area contributed by atoms with E-state index in [0.717, 1.165) is 49.1 Å². The van der Waals surface area contributed by atoms with Gasteiger partial charge in [-0.2, -0.15) is 10.4 Å². The van der Waals surface area contributed by atoms with Crippen molar-refractivity contribution in [3.63, 3.8) is 0 Å². The standard InChI is InChI=1S/C26H28Cl2N6O/c1-15-10-17(5-8-24(15)33-9-3-4-19(33)14-35)23-13-30-25-22(12-29)32-34(26(25)31-23)16(2)20-7-6-18(27)11-21(20)28/h5-7,11,13,15-16,19,24,35H,3-4,8-10,14H2,1-2H3. The first kappa shape index (κ1) is 24.2. The Morgan fingerprint density at radius 3 is 2.86 bits per heavy atom. The van der Waals surface area contributed by atoms with Gasteiger partial charge in [0.15, 0.2) is 11.3 Å². The first-order valence-electron chi connectivity index (χ1n) is 12.1. The third-order valence-corrected chi connectivity index (χ3v) is 8.04. The largest absolute Gasteiger partial charge is 0.395 e. The van der Waals surface area contributed by atoms with Crippen molar-refractivity contribution in [1.29, 1.82) is 5.26 Å². The molecule has 35 heavy (non-hydrogen) atoms. The molecular formula is C26H28Cl2N6O. The molecule has 1 aliphatic carbocycles. The minimum Gasteiger partial charge on any atom is -0.395 e. The van der Waals surface area contributed by atoms with Crippen LogP contribution in [0.25, 0.3) is 16.7 Å². The Morgan fingerprint density at radius 1 is 1.31 bits per heavy atom. The lowest BCUT2D eigenvalue weighted by atomic mass is 9.83. The first-order valence-corrected chi connectivity index (χ1v) is 12.8. The van der Waals surface area contributed by atoms with Gasteiger partial charge < -0.3 is 5.11 Å². The van der Waals surface area contributed by atoms with Gasteiger partial charge in [-0.3, -0.25) is 4.90 Å². The Balaban J connectivity index is 1.49. The van der Waals surface area contributed by atoms with Crippen LogP contribution in [0, 0.1) is 17.2 Å². The molecule has 2 aromatic heterocycles. The van der Waals surface area contributed by atoms with Crippen molar-refractivity contribution < 1.29 is 5.11 Å². The highest BCUT2D eigenvalue weighted by Crippen LogP contribution is 2.36. The van der Waals surface area contributed by atoms with E-state index in [4.69, 9.17) is 28.2 Å². The lowest BCUT2D eigenvalue weighted by Crippen LogP contribution is -2.45. The highest BCUT2D eigenvalue weighted by Gasteiger charge is 2.35. The van der Waals surface area contributed by atoms with E-state index >= 15 is 0 Å². The van der Waals surface area contributed by atoms with Gasteiger partial charge in [0.25, 0.3) is 0 Å². The Hall–Kier alpha value is -2.50. The number of hydrogen-bond acceptors (Lipinski definition) is 6. The second kappa shape index (κ2) is 9.87. The molecular weight excluding hydrogens is 483 g/mol. The number of halogens is 2. The molecule has 1 saturated heterocycles. The summed E-state index contributed by atoms with van der Waals surface area (Å²) in [5, 5.41) is 25.0. The van der Waals surface area contributed by atoms with E-state index in [2.05, 4.69) is 34.1 Å². The van der Waals surface area contributed by atoms with Crippen LogP contribution in [0.15, 0.2) is 30.5 Å². The smallest absolute Gasteiger partial charge is 0.190 e. The maximum absolute atomic E-state index is 9.77. The van der Waals surface area contributed by atoms with Crippen molar-refractivity contribution in [2.24, 2.45) is 5.92 Å². The minimum absolute atomic E-state index is 0.225. The van der Waals surface area contributed by atoms with E-state index in [0.29, 0.717) is 33.2 Å². The predicted molar refractivity (Wildman–Crippen MR) is 137 cm³/mol. The molecule has 0 amide bonds. The van der Waals surface area contributed by atoms with Crippen LogP contribution in [0.5, 0.6) is 0 Å². The molecule has 3 aromatic rings. The number of hydrogen-bond donors (Lipinski definition) is 1. The Bertz CT molecular complexity index is 1330. The van der Waals surface area contributed by atoms with Gasteiger partial charge in [0.2, 0.25) is 0 Å². The van der Waals surface area contributed by atoms with Crippen LogP contribution in [-0.2, 0) is 0 Å². The molecule has 0 radical (unpaired) electrons. The van der Waals surface area contributed by atoms with Crippen LogP contribution in [-0.4, -0.2) is 55.0 Å². The second-order valence-electron chi connectivity index (χ2n) is 9.60. The highest BCUT2D eigenvalue weighted by atomic mass is 35.5. The average Bonchev–Trinajstić information content (AvgIpc) is 3.47. The average molecular weight is 511 g/mol. The van der Waals surface area contributed by atoms with Gasteiger partial charge in [0.1, 0.15) is 11.6 Å². The molecule has 0 saturated carbocycles. The summed E-state index contributed by atoms with van der Waals surface area (Å²) in [5.41, 5.74) is 4.10. The molecule has 5 rings (SSSR count). The number of nitrogens with zero attached hydrogens (tertiary/aromatic N) is 6. The molecule has 2 aliphatic rings. The van der Waals surface area contributed by atoms with Gasteiger partial charge in [-0.15, -0.1) is 0 Å². The summed E-state index contributed by atoms with van der Waals surface area (Å²) >= 11 is 12.5. The van der Waals surface area contributed by atoms with Crippen molar-refractivity contribution >= 4 is 39.9 Å². The number of aliphatic hydroxyl groups excluding tert-OH is 1. The van der Waals surface area contributed by atoms with Crippen LogP contribution >= 0.6 is 23.2 Å². The zero-order chi connectivity index (χ0) is 24.7. The van der Waals surface area contributed by atoms with Crippen molar-refractivity contribution in [3.05, 3.63) is 57.5 Å². The summed E-state index contributed by atoms with van der Waals surface area (Å²) in [6.45, 7) is 5.52. The van der Waals surface area contributed by atoms with E-state index in [9.17, 15) is 10.4 Å². The Labute approximate surface area is 215 Å². The lowest BCUT2D eigenvalue weighted by Gasteiger charge is -2.38. The second-order valence-corrected chi connectivity index (χ2v) is 10.4. The SMILES string of the molecule is CC1CC(c2cnc3c(C#N)nn(C(C)c4ccc(Cl)cc4Cl)c3n2)=CCC1N1CCCC1CO. The Kier molecular flexibility index (Phi) is 6.82. The number of aromatic nitrogens is 4. The summed E-state index contributed by atoms with van der Waals surface area (Å²) in [7, 11) is 0. The molecule has 9 heteroatoms. The van der Waals surface area contributed by atoms with Gasteiger partial charge in [-0.1, -0.05) is 42.3 Å². The van der Waals surface area contributed by atoms with E-state index < -0.39 is 0 Å². The van der Waals surface area contributed by atoms with E-state index in [1.54, 1.807) is 23.0 Å². The third-order valence-electron chi connectivity index (χ3n) is 7.48. The van der Waals surface area contributed by atoms with Crippen molar-refractivity contribution in [1.82, 2.24) is 24.6 Å². The molecule has 1 N–H and O–H groups in total. The number of allylic oxidation sites excluding steroid dienone is 1. The number of likely N-dealkylation sites (tertiary alicyclic amines) is 1. The highest BCUT2D eigenvalue weighted by molar-refractivity contribution is 6.35. The number of fused-ring (bicyclic) bond motifs is 1. The normalized spacial score (nSPS) is 23.9. The molecule has 3 heterocycles. The van der Waals surface area contributed by atoms with E-state index in [1.165, 1.54) is 0 Å². The van der Waals surface area contributed by atoms with Crippen molar-refractivity contribution in [2.75, 3.05) is 13.2 Å². The van der Waals surface area contributed by atoms with Crippen molar-refractivity contribution in [3.8, 4) is 6.07 Å². The first-order chi connectivity index (χ1) is 16.9. The summed E-state index contributed by atoms with van der Waals surface area (Å²) < 4.78 is 1.73. The summed E-state index contributed by atoms with van der Waals surface area (Å²) in [6, 6.07) is 7.95. The van der Waals surface area contributed by atoms with Crippen LogP contribution < -0.4 is 0 Å². The number of benzene rings is 1. The van der Waals surface area contributed by atoms with Gasteiger partial charge in [-0.05, 0) is 68.3 Å². The molecule has 4 unspecified atom stereocenters. The fourth-order valence-electron chi connectivity index (χ4n) is 5.60. The molecule has 7 nitrogen and oxygen atoms in total. The monoisotopic (exact) mass is 510 g/mol. The maximum Gasteiger partial charge on any atom is 0.190 e. The maximum atomic E-state index is 9.77. The molecule has 1 aromatic carbocycles. The van der Waals surface area contributed by atoms with Gasteiger partial charge in [0, 0.05) is 22.1 Å². The number of nitriles is 1. The van der Waals surface area contributed by atoms with Crippen molar-refractivity contribution in [2.45, 2.75) is 57.7 Å². The summed E-state index contributed by atoms with van der Waals surface area (Å²) in [6.07, 6.45) is 8.04. The van der Waals surface area contributed by atoms with Gasteiger partial charge in [0.05, 0.1) is 24.5 Å². The third kappa shape index (κ3) is 4.45. The van der Waals surface area contributed by atoms with E-state index in [1.807, 2.05) is 13.0 Å². The summed E-state index contributed by atoms with van der Waals surface area (Å²) in [4.78, 5) is 12.0. The quantitative estimate of drug-likeness (QED) is 0.503. The fraction of sp³-hybridized carbons (Fsp3) is 0.462. The number of aliphatic hydroxyl groups is 1. The fourth-order valence-corrected chi connectivity index (χ4v) is 6.17. The van der Waals surface area contributed by atoms with Gasteiger partial charge >= 0.3 is 0 Å².